The van der Waals surface area contributed by atoms with E-state index in [1.165, 1.54) is 12.1 Å². The van der Waals surface area contributed by atoms with Crippen LogP contribution in [0.2, 0.25) is 0 Å². The van der Waals surface area contributed by atoms with Gasteiger partial charge in [-0.15, -0.1) is 0 Å². The molecule has 0 amide bonds. The van der Waals surface area contributed by atoms with Crippen molar-refractivity contribution in [3.05, 3.63) is 29.6 Å². The molecule has 1 atom stereocenters. The molecule has 0 aromatic heterocycles. The average Bonchev–Trinajstić information content (AvgIpc) is 2.73. The van der Waals surface area contributed by atoms with Crippen LogP contribution in [0.15, 0.2) is 18.2 Å². The van der Waals surface area contributed by atoms with Crippen molar-refractivity contribution in [2.45, 2.75) is 12.5 Å². The van der Waals surface area contributed by atoms with Crippen LogP contribution in [-0.2, 0) is 4.74 Å². The van der Waals surface area contributed by atoms with Crippen LogP contribution in [0.25, 0.3) is 0 Å². The molecule has 78 valence electrons. The maximum absolute atomic E-state index is 13.0. The zero-order valence-electron chi connectivity index (χ0n) is 8.16. The van der Waals surface area contributed by atoms with Crippen molar-refractivity contribution in [3.63, 3.8) is 0 Å². The standard InChI is InChI=1S/C11H11FN2O/c12-11-2-1-9(5-8(11)6-13)14-10-3-4-15-7-10/h1-2,5,10,14H,3-4,7H2. The summed E-state index contributed by atoms with van der Waals surface area (Å²) in [6.07, 6.45) is 0.944. The Balaban J connectivity index is 2.11. The van der Waals surface area contributed by atoms with Gasteiger partial charge in [0.2, 0.25) is 0 Å². The summed E-state index contributed by atoms with van der Waals surface area (Å²) < 4.78 is 18.2. The second kappa shape index (κ2) is 4.28. The van der Waals surface area contributed by atoms with Crippen molar-refractivity contribution in [1.82, 2.24) is 0 Å². The van der Waals surface area contributed by atoms with Gasteiger partial charge in [0.25, 0.3) is 0 Å². The van der Waals surface area contributed by atoms with Gasteiger partial charge in [0.1, 0.15) is 11.9 Å². The number of hydrogen-bond donors (Lipinski definition) is 1. The molecule has 2 rings (SSSR count). The number of anilines is 1. The fourth-order valence-corrected chi connectivity index (χ4v) is 1.58. The molecule has 4 heteroatoms. The smallest absolute Gasteiger partial charge is 0.141 e. The minimum Gasteiger partial charge on any atom is -0.380 e. The lowest BCUT2D eigenvalue weighted by atomic mass is 10.2. The third-order valence-electron chi connectivity index (χ3n) is 2.39. The monoisotopic (exact) mass is 206 g/mol. The number of benzene rings is 1. The van der Waals surface area contributed by atoms with E-state index in [1.807, 2.05) is 6.07 Å². The highest BCUT2D eigenvalue weighted by Gasteiger charge is 2.15. The van der Waals surface area contributed by atoms with E-state index in [-0.39, 0.29) is 11.6 Å². The number of rotatable bonds is 2. The molecule has 0 saturated carbocycles. The van der Waals surface area contributed by atoms with Gasteiger partial charge in [-0.3, -0.25) is 0 Å². The minimum absolute atomic E-state index is 0.0684. The highest BCUT2D eigenvalue weighted by molar-refractivity contribution is 5.50. The molecule has 1 aliphatic rings. The Morgan fingerprint density at radius 2 is 2.40 bits per heavy atom. The molecule has 1 heterocycles. The fourth-order valence-electron chi connectivity index (χ4n) is 1.58. The lowest BCUT2D eigenvalue weighted by Crippen LogP contribution is -2.18. The lowest BCUT2D eigenvalue weighted by molar-refractivity contribution is 0.195. The van der Waals surface area contributed by atoms with Crippen molar-refractivity contribution in [2.75, 3.05) is 18.5 Å². The second-order valence-electron chi connectivity index (χ2n) is 3.51. The van der Waals surface area contributed by atoms with Crippen LogP contribution in [0.4, 0.5) is 10.1 Å². The third kappa shape index (κ3) is 2.25. The van der Waals surface area contributed by atoms with Crippen molar-refractivity contribution in [1.29, 1.82) is 5.26 Å². The van der Waals surface area contributed by atoms with E-state index >= 15 is 0 Å². The zero-order valence-corrected chi connectivity index (χ0v) is 8.16. The summed E-state index contributed by atoms with van der Waals surface area (Å²) in [7, 11) is 0. The average molecular weight is 206 g/mol. The molecule has 0 aliphatic carbocycles. The van der Waals surface area contributed by atoms with Crippen molar-refractivity contribution >= 4 is 5.69 Å². The maximum Gasteiger partial charge on any atom is 0.141 e. The number of nitriles is 1. The van der Waals surface area contributed by atoms with Gasteiger partial charge in [0, 0.05) is 12.3 Å². The number of halogens is 1. The van der Waals surface area contributed by atoms with Gasteiger partial charge in [-0.05, 0) is 24.6 Å². The summed E-state index contributed by atoms with van der Waals surface area (Å²) in [6.45, 7) is 1.42. The van der Waals surface area contributed by atoms with E-state index in [1.54, 1.807) is 6.07 Å². The Morgan fingerprint density at radius 1 is 1.53 bits per heavy atom. The highest BCUT2D eigenvalue weighted by atomic mass is 19.1. The molecule has 0 spiro atoms. The quantitative estimate of drug-likeness (QED) is 0.803. The summed E-state index contributed by atoms with van der Waals surface area (Å²) in [5.41, 5.74) is 0.836. The molecular formula is C11H11FN2O. The van der Waals surface area contributed by atoms with Gasteiger partial charge in [0.05, 0.1) is 18.2 Å². The van der Waals surface area contributed by atoms with Gasteiger partial charge in [0.15, 0.2) is 0 Å². The number of nitrogens with zero attached hydrogens (tertiary/aromatic N) is 1. The van der Waals surface area contributed by atoms with E-state index in [2.05, 4.69) is 5.32 Å². The van der Waals surface area contributed by atoms with E-state index < -0.39 is 5.82 Å². The van der Waals surface area contributed by atoms with E-state index in [0.29, 0.717) is 6.61 Å². The molecule has 0 bridgehead atoms. The molecule has 1 aliphatic heterocycles. The van der Waals surface area contributed by atoms with Crippen molar-refractivity contribution in [3.8, 4) is 6.07 Å². The Bertz CT molecular complexity index is 394. The Labute approximate surface area is 87.5 Å². The normalized spacial score (nSPS) is 19.9. The van der Waals surface area contributed by atoms with E-state index in [9.17, 15) is 4.39 Å². The molecule has 1 aromatic carbocycles. The molecule has 1 fully saturated rings. The molecule has 3 nitrogen and oxygen atoms in total. The summed E-state index contributed by atoms with van der Waals surface area (Å²) in [5, 5.41) is 11.9. The first-order chi connectivity index (χ1) is 7.29. The first-order valence-electron chi connectivity index (χ1n) is 4.83. The van der Waals surface area contributed by atoms with Gasteiger partial charge in [-0.25, -0.2) is 4.39 Å². The Hall–Kier alpha value is -1.60. The van der Waals surface area contributed by atoms with Crippen LogP contribution in [0.5, 0.6) is 0 Å². The molecular weight excluding hydrogens is 195 g/mol. The SMILES string of the molecule is N#Cc1cc(NC2CCOC2)ccc1F. The molecule has 1 N–H and O–H groups in total. The van der Waals surface area contributed by atoms with E-state index in [0.717, 1.165) is 18.7 Å². The first kappa shape index (κ1) is 9.94. The highest BCUT2D eigenvalue weighted by Crippen LogP contribution is 2.17. The Kier molecular flexibility index (Phi) is 2.84. The fraction of sp³-hybridized carbons (Fsp3) is 0.364. The largest absolute Gasteiger partial charge is 0.380 e. The predicted molar refractivity (Wildman–Crippen MR) is 54.0 cm³/mol. The van der Waals surface area contributed by atoms with Crippen LogP contribution >= 0.6 is 0 Å². The maximum atomic E-state index is 13.0. The Morgan fingerprint density at radius 3 is 3.07 bits per heavy atom. The zero-order chi connectivity index (χ0) is 10.7. The van der Waals surface area contributed by atoms with Crippen molar-refractivity contribution < 1.29 is 9.13 Å². The predicted octanol–water partition coefficient (Wildman–Crippen LogP) is 1.90. The summed E-state index contributed by atoms with van der Waals surface area (Å²) >= 11 is 0. The molecule has 15 heavy (non-hydrogen) atoms. The lowest BCUT2D eigenvalue weighted by Gasteiger charge is -2.12. The molecule has 1 aromatic rings. The van der Waals surface area contributed by atoms with Gasteiger partial charge < -0.3 is 10.1 Å². The molecule has 0 radical (unpaired) electrons. The topological polar surface area (TPSA) is 45.0 Å². The van der Waals surface area contributed by atoms with Crippen LogP contribution in [0.1, 0.15) is 12.0 Å². The first-order valence-corrected chi connectivity index (χ1v) is 4.83. The van der Waals surface area contributed by atoms with Crippen LogP contribution in [0, 0.1) is 17.1 Å². The molecule has 1 saturated heterocycles. The van der Waals surface area contributed by atoms with Gasteiger partial charge >= 0.3 is 0 Å². The molecule has 1 unspecified atom stereocenters. The van der Waals surface area contributed by atoms with Crippen LogP contribution in [0.3, 0.4) is 0 Å². The summed E-state index contributed by atoms with van der Waals surface area (Å²) in [4.78, 5) is 0. The second-order valence-corrected chi connectivity index (χ2v) is 3.51. The minimum atomic E-state index is -0.481. The van der Waals surface area contributed by atoms with Crippen LogP contribution < -0.4 is 5.32 Å². The summed E-state index contributed by atoms with van der Waals surface area (Å²) in [6, 6.07) is 6.54. The number of hydrogen-bond acceptors (Lipinski definition) is 3. The number of ether oxygens (including phenoxy) is 1. The third-order valence-corrected chi connectivity index (χ3v) is 2.39. The summed E-state index contributed by atoms with van der Waals surface area (Å²) in [5.74, 6) is -0.481. The van der Waals surface area contributed by atoms with Gasteiger partial charge in [-0.1, -0.05) is 0 Å². The van der Waals surface area contributed by atoms with Crippen LogP contribution in [-0.4, -0.2) is 19.3 Å². The van der Waals surface area contributed by atoms with Gasteiger partial charge in [-0.2, -0.15) is 5.26 Å². The van der Waals surface area contributed by atoms with E-state index in [4.69, 9.17) is 10.00 Å². The number of nitrogens with one attached hydrogen (secondary N) is 1. The van der Waals surface area contributed by atoms with Crippen molar-refractivity contribution in [2.24, 2.45) is 0 Å².